The summed E-state index contributed by atoms with van der Waals surface area (Å²) in [6.07, 6.45) is 0.521. The van der Waals surface area contributed by atoms with Gasteiger partial charge in [0.1, 0.15) is 0 Å². The van der Waals surface area contributed by atoms with E-state index in [0.717, 1.165) is 11.3 Å². The topological polar surface area (TPSA) is 134 Å². The lowest BCUT2D eigenvalue weighted by Crippen LogP contribution is -2.49. The van der Waals surface area contributed by atoms with Crippen LogP contribution in [-0.2, 0) is 20.8 Å². The van der Waals surface area contributed by atoms with Gasteiger partial charge in [-0.2, -0.15) is 0 Å². The van der Waals surface area contributed by atoms with Crippen molar-refractivity contribution in [3.05, 3.63) is 29.8 Å². The monoisotopic (exact) mass is 477 g/mol. The van der Waals surface area contributed by atoms with Crippen molar-refractivity contribution < 1.29 is 29.7 Å². The highest BCUT2D eigenvalue weighted by Crippen LogP contribution is 2.16. The normalized spacial score (nSPS) is 18.5. The number of anilines is 1. The Balaban J connectivity index is 2.24. The van der Waals surface area contributed by atoms with E-state index in [1.807, 2.05) is 31.1 Å². The number of aliphatic carboxylic acids is 3. The molecule has 0 amide bonds. The predicted molar refractivity (Wildman–Crippen MR) is 129 cm³/mol. The summed E-state index contributed by atoms with van der Waals surface area (Å²) in [5.41, 5.74) is 1.82. The summed E-state index contributed by atoms with van der Waals surface area (Å²) in [5, 5.41) is 31.1. The second-order valence-electron chi connectivity index (χ2n) is 8.00. The van der Waals surface area contributed by atoms with E-state index in [-0.39, 0.29) is 25.7 Å². The molecule has 12 heteroatoms. The fourth-order valence-electron chi connectivity index (χ4n) is 3.82. The van der Waals surface area contributed by atoms with Crippen molar-refractivity contribution in [1.82, 2.24) is 14.7 Å². The maximum absolute atomic E-state index is 11.6. The number of hydrogen-bond donors (Lipinski definition) is 4. The summed E-state index contributed by atoms with van der Waals surface area (Å²) >= 11 is 5.16. The van der Waals surface area contributed by atoms with E-state index < -0.39 is 17.9 Å². The summed E-state index contributed by atoms with van der Waals surface area (Å²) in [5.74, 6) is -2.95. The van der Waals surface area contributed by atoms with Crippen molar-refractivity contribution in [2.45, 2.75) is 19.3 Å². The molecule has 179 valence electrons. The molecule has 1 heterocycles. The zero-order valence-corrected chi connectivity index (χ0v) is 19.5. The number of rotatable bonds is 10. The molecule has 1 radical (unpaired) electrons. The van der Waals surface area contributed by atoms with Gasteiger partial charge >= 0.3 is 17.9 Å². The predicted octanol–water partition coefficient (Wildman–Crippen LogP) is 0.220. The quantitative estimate of drug-likeness (QED) is 0.272. The highest BCUT2D eigenvalue weighted by Gasteiger charge is 2.27. The zero-order chi connectivity index (χ0) is 24.4. The van der Waals surface area contributed by atoms with Crippen LogP contribution in [0.4, 0.5) is 5.69 Å². The molecular formula is C21H30BN4O6S. The van der Waals surface area contributed by atoms with Crippen molar-refractivity contribution in [1.29, 1.82) is 0 Å². The van der Waals surface area contributed by atoms with Crippen LogP contribution in [0.5, 0.6) is 0 Å². The van der Waals surface area contributed by atoms with Gasteiger partial charge in [0.05, 0.1) is 19.6 Å². The van der Waals surface area contributed by atoms with Crippen LogP contribution in [0, 0.1) is 0 Å². The Morgan fingerprint density at radius 2 is 1.48 bits per heavy atom. The highest BCUT2D eigenvalue weighted by molar-refractivity contribution is 7.83. The first kappa shape index (κ1) is 26.7. The fourth-order valence-corrected chi connectivity index (χ4v) is 3.94. The number of hydrogen-bond acceptors (Lipinski definition) is 7. The number of nitrogens with zero attached hydrogens (tertiary/aromatic N) is 3. The van der Waals surface area contributed by atoms with Gasteiger partial charge in [-0.05, 0) is 24.1 Å². The molecule has 0 saturated carbocycles. The van der Waals surface area contributed by atoms with Gasteiger partial charge in [-0.3, -0.25) is 29.1 Å². The molecule has 2 rings (SSSR count). The van der Waals surface area contributed by atoms with Crippen LogP contribution < -0.4 is 5.32 Å². The molecule has 1 fully saturated rings. The molecule has 0 unspecified atom stereocenters. The lowest BCUT2D eigenvalue weighted by atomic mass is 9.82. The largest absolute Gasteiger partial charge is 0.480 e. The third-order valence-electron chi connectivity index (χ3n) is 5.43. The molecule has 1 atom stereocenters. The van der Waals surface area contributed by atoms with Crippen molar-refractivity contribution in [3.8, 4) is 0 Å². The van der Waals surface area contributed by atoms with E-state index in [2.05, 4.69) is 5.32 Å². The Labute approximate surface area is 199 Å². The highest BCUT2D eigenvalue weighted by atomic mass is 32.1. The van der Waals surface area contributed by atoms with Gasteiger partial charge in [0, 0.05) is 49.3 Å². The molecule has 1 aliphatic rings. The number of carbonyl (C=O) groups is 3. The second kappa shape index (κ2) is 13.2. The Morgan fingerprint density at radius 1 is 0.939 bits per heavy atom. The Kier molecular flexibility index (Phi) is 10.7. The van der Waals surface area contributed by atoms with Crippen LogP contribution in [0.3, 0.4) is 0 Å². The maximum atomic E-state index is 11.6. The molecule has 1 aliphatic heterocycles. The third kappa shape index (κ3) is 9.87. The second-order valence-corrected chi connectivity index (χ2v) is 8.44. The van der Waals surface area contributed by atoms with Crippen molar-refractivity contribution >= 4 is 48.0 Å². The average molecular weight is 477 g/mol. The lowest BCUT2D eigenvalue weighted by Gasteiger charge is -2.33. The Morgan fingerprint density at radius 3 is 2.06 bits per heavy atom. The number of carboxylic acid groups (broad SMARTS) is 3. The summed E-state index contributed by atoms with van der Waals surface area (Å²) in [6, 6.07) is 7.40. The Hall–Kier alpha value is -2.54. The van der Waals surface area contributed by atoms with Crippen LogP contribution in [-0.4, -0.2) is 118 Å². The van der Waals surface area contributed by atoms with E-state index in [1.165, 1.54) is 0 Å². The molecule has 4 N–H and O–H groups in total. The van der Waals surface area contributed by atoms with Crippen molar-refractivity contribution in [2.24, 2.45) is 0 Å². The standard InChI is InChI=1S/C21H30BN4O6S/c1-22-21(33)23-16-4-2-15(3-5-16)10-17-11-25(13-19(29)30)7-6-24(12-18(27)28)8-9-26(17)14-20(31)32/h2-5,17H,6-14H2,1H3,(H,23,33)(H,27,28)(H,29,30)(H,31,32)/t17-/m0/s1. The SMILES string of the molecule is C[B]C(=S)Nc1ccc(C[C@H]2CN(CC(=O)O)CCN(CC(=O)O)CCN2CC(=O)O)cc1. The third-order valence-corrected chi connectivity index (χ3v) is 5.77. The van der Waals surface area contributed by atoms with Gasteiger partial charge in [-0.25, -0.2) is 0 Å². The minimum atomic E-state index is -0.988. The van der Waals surface area contributed by atoms with Crippen molar-refractivity contribution in [2.75, 3.05) is 57.7 Å². The lowest BCUT2D eigenvalue weighted by molar-refractivity contribution is -0.140. The fraction of sp³-hybridized carbons (Fsp3) is 0.524. The van der Waals surface area contributed by atoms with E-state index in [9.17, 15) is 29.7 Å². The van der Waals surface area contributed by atoms with Gasteiger partial charge in [-0.1, -0.05) is 31.2 Å². The molecule has 0 aliphatic carbocycles. The van der Waals surface area contributed by atoms with E-state index in [1.54, 1.807) is 22.0 Å². The number of thiocarbonyl (C=S) groups is 1. The van der Waals surface area contributed by atoms with Crippen LogP contribution in [0.25, 0.3) is 0 Å². The van der Waals surface area contributed by atoms with E-state index in [0.29, 0.717) is 44.0 Å². The van der Waals surface area contributed by atoms with Gasteiger partial charge < -0.3 is 20.6 Å². The van der Waals surface area contributed by atoms with E-state index in [4.69, 9.17) is 12.2 Å². The molecule has 1 aromatic rings. The molecular weight excluding hydrogens is 447 g/mol. The minimum absolute atomic E-state index is 0.183. The van der Waals surface area contributed by atoms with Crippen LogP contribution >= 0.6 is 12.2 Å². The van der Waals surface area contributed by atoms with Crippen molar-refractivity contribution in [3.63, 3.8) is 0 Å². The van der Waals surface area contributed by atoms with Gasteiger partial charge in [0.25, 0.3) is 0 Å². The van der Waals surface area contributed by atoms with Gasteiger partial charge in [0.2, 0.25) is 0 Å². The maximum Gasteiger partial charge on any atom is 0.317 e. The molecule has 1 saturated heterocycles. The molecule has 0 bridgehead atoms. The average Bonchev–Trinajstić information content (AvgIpc) is 2.80. The van der Waals surface area contributed by atoms with Gasteiger partial charge in [0.15, 0.2) is 7.28 Å². The molecule has 10 nitrogen and oxygen atoms in total. The number of carboxylic acids is 3. The van der Waals surface area contributed by atoms with Crippen LogP contribution in [0.2, 0.25) is 6.82 Å². The van der Waals surface area contributed by atoms with E-state index >= 15 is 0 Å². The first-order valence-corrected chi connectivity index (χ1v) is 11.1. The Bertz CT molecular complexity index is 841. The van der Waals surface area contributed by atoms with Crippen LogP contribution in [0.1, 0.15) is 5.56 Å². The molecule has 0 aromatic heterocycles. The summed E-state index contributed by atoms with van der Waals surface area (Å²) in [7, 11) is 1.79. The minimum Gasteiger partial charge on any atom is -0.480 e. The molecule has 33 heavy (non-hydrogen) atoms. The smallest absolute Gasteiger partial charge is 0.317 e. The molecule has 1 aromatic carbocycles. The van der Waals surface area contributed by atoms with Crippen LogP contribution in [0.15, 0.2) is 24.3 Å². The summed E-state index contributed by atoms with van der Waals surface area (Å²) in [4.78, 5) is 40.1. The van der Waals surface area contributed by atoms with Gasteiger partial charge in [-0.15, -0.1) is 0 Å². The molecule has 0 spiro atoms. The number of benzene rings is 1. The first-order valence-electron chi connectivity index (χ1n) is 10.7. The number of nitrogens with one attached hydrogen (secondary N) is 1. The zero-order valence-electron chi connectivity index (χ0n) is 18.6. The summed E-state index contributed by atoms with van der Waals surface area (Å²) in [6.45, 7) is 3.12. The first-order chi connectivity index (χ1) is 15.7. The summed E-state index contributed by atoms with van der Waals surface area (Å²) < 4.78 is 0.